The Morgan fingerprint density at radius 3 is 2.57 bits per heavy atom. The van der Waals surface area contributed by atoms with Crippen LogP contribution in [-0.2, 0) is 19.4 Å². The SMILES string of the molecule is CN(C(=O)CN1CCCCC1C(=O)O)C1CCS(=O)(=O)C1. The molecule has 2 rings (SSSR count). The van der Waals surface area contributed by atoms with E-state index in [4.69, 9.17) is 0 Å². The monoisotopic (exact) mass is 318 g/mol. The molecule has 0 aromatic heterocycles. The summed E-state index contributed by atoms with van der Waals surface area (Å²) in [4.78, 5) is 26.6. The van der Waals surface area contributed by atoms with E-state index >= 15 is 0 Å². The number of carbonyl (C=O) groups is 2. The van der Waals surface area contributed by atoms with Crippen molar-refractivity contribution in [3.05, 3.63) is 0 Å². The molecule has 21 heavy (non-hydrogen) atoms. The van der Waals surface area contributed by atoms with Crippen LogP contribution in [0.2, 0.25) is 0 Å². The van der Waals surface area contributed by atoms with Gasteiger partial charge in [0.2, 0.25) is 5.91 Å². The van der Waals surface area contributed by atoms with Gasteiger partial charge in [-0.3, -0.25) is 14.5 Å². The predicted molar refractivity (Wildman–Crippen MR) is 76.7 cm³/mol. The minimum Gasteiger partial charge on any atom is -0.480 e. The number of rotatable bonds is 4. The van der Waals surface area contributed by atoms with Crippen LogP contribution in [0.5, 0.6) is 0 Å². The predicted octanol–water partition coefficient (Wildman–Crippen LogP) is -0.429. The summed E-state index contributed by atoms with van der Waals surface area (Å²) >= 11 is 0. The second-order valence-corrected chi connectivity index (χ2v) is 8.11. The highest BCUT2D eigenvalue weighted by Gasteiger charge is 2.35. The Hall–Kier alpha value is -1.15. The Balaban J connectivity index is 1.95. The maximum atomic E-state index is 12.3. The fourth-order valence-electron chi connectivity index (χ4n) is 3.03. The minimum absolute atomic E-state index is 0.0115. The molecule has 0 aliphatic carbocycles. The van der Waals surface area contributed by atoms with E-state index in [0.29, 0.717) is 19.4 Å². The normalized spacial score (nSPS) is 29.2. The number of aliphatic carboxylic acids is 1. The molecule has 0 bridgehead atoms. The second kappa shape index (κ2) is 6.31. The molecule has 8 heteroatoms. The number of carboxylic acids is 1. The number of likely N-dealkylation sites (N-methyl/N-ethyl adjacent to an activating group) is 1. The van der Waals surface area contributed by atoms with E-state index in [1.165, 1.54) is 4.90 Å². The van der Waals surface area contributed by atoms with Crippen molar-refractivity contribution in [3.8, 4) is 0 Å². The van der Waals surface area contributed by atoms with Crippen molar-refractivity contribution < 1.29 is 23.1 Å². The van der Waals surface area contributed by atoms with Crippen LogP contribution in [-0.4, -0.2) is 78.9 Å². The number of amides is 1. The smallest absolute Gasteiger partial charge is 0.320 e. The maximum Gasteiger partial charge on any atom is 0.320 e. The average Bonchev–Trinajstić information content (AvgIpc) is 2.78. The van der Waals surface area contributed by atoms with Gasteiger partial charge < -0.3 is 10.0 Å². The van der Waals surface area contributed by atoms with Crippen molar-refractivity contribution in [2.45, 2.75) is 37.8 Å². The molecule has 2 saturated heterocycles. The molecule has 0 aromatic rings. The van der Waals surface area contributed by atoms with E-state index in [1.807, 2.05) is 0 Å². The number of piperidine rings is 1. The molecule has 1 N–H and O–H groups in total. The summed E-state index contributed by atoms with van der Waals surface area (Å²) in [6.45, 7) is 0.642. The minimum atomic E-state index is -3.03. The summed E-state index contributed by atoms with van der Waals surface area (Å²) < 4.78 is 22.9. The number of carboxylic acid groups (broad SMARTS) is 1. The van der Waals surface area contributed by atoms with Crippen LogP contribution < -0.4 is 0 Å². The van der Waals surface area contributed by atoms with Crippen LogP contribution in [0, 0.1) is 0 Å². The Morgan fingerprint density at radius 2 is 2.00 bits per heavy atom. The van der Waals surface area contributed by atoms with Crippen LogP contribution in [0.15, 0.2) is 0 Å². The third-order valence-electron chi connectivity index (χ3n) is 4.39. The van der Waals surface area contributed by atoms with Crippen LogP contribution in [0.4, 0.5) is 0 Å². The molecular formula is C13H22N2O5S. The van der Waals surface area contributed by atoms with Gasteiger partial charge in [0.1, 0.15) is 6.04 Å². The summed E-state index contributed by atoms with van der Waals surface area (Å²) in [5, 5.41) is 9.19. The summed E-state index contributed by atoms with van der Waals surface area (Å²) in [6.07, 6.45) is 2.77. The highest BCUT2D eigenvalue weighted by Crippen LogP contribution is 2.19. The molecule has 2 heterocycles. The standard InChI is InChI=1S/C13H22N2O5S/c1-14(10-5-7-21(19,20)9-10)12(16)8-15-6-3-2-4-11(15)13(17)18/h10-11H,2-9H2,1H3,(H,17,18). The van der Waals surface area contributed by atoms with Crippen molar-refractivity contribution in [2.24, 2.45) is 0 Å². The Morgan fingerprint density at radius 1 is 1.29 bits per heavy atom. The lowest BCUT2D eigenvalue weighted by Gasteiger charge is -2.34. The van der Waals surface area contributed by atoms with Gasteiger partial charge in [-0.2, -0.15) is 0 Å². The molecule has 0 aromatic carbocycles. The first kappa shape index (κ1) is 16.2. The van der Waals surface area contributed by atoms with Gasteiger partial charge in [0.25, 0.3) is 0 Å². The number of carbonyl (C=O) groups excluding carboxylic acids is 1. The van der Waals surface area contributed by atoms with E-state index in [-0.39, 0.29) is 30.0 Å². The molecule has 2 unspecified atom stereocenters. The van der Waals surface area contributed by atoms with Crippen molar-refractivity contribution >= 4 is 21.7 Å². The van der Waals surface area contributed by atoms with Crippen molar-refractivity contribution in [3.63, 3.8) is 0 Å². The van der Waals surface area contributed by atoms with Crippen molar-refractivity contribution in [1.29, 1.82) is 0 Å². The Labute approximate surface area is 124 Å². The van der Waals surface area contributed by atoms with Crippen molar-refractivity contribution in [2.75, 3.05) is 31.6 Å². The van der Waals surface area contributed by atoms with Crippen molar-refractivity contribution in [1.82, 2.24) is 9.80 Å². The van der Waals surface area contributed by atoms with Gasteiger partial charge in [0, 0.05) is 13.1 Å². The lowest BCUT2D eigenvalue weighted by Crippen LogP contribution is -2.50. The van der Waals surface area contributed by atoms with E-state index in [1.54, 1.807) is 11.9 Å². The molecule has 2 atom stereocenters. The largest absolute Gasteiger partial charge is 0.480 e. The highest BCUT2D eigenvalue weighted by molar-refractivity contribution is 7.91. The zero-order chi connectivity index (χ0) is 15.6. The summed E-state index contributed by atoms with van der Waals surface area (Å²) in [7, 11) is -1.43. The van der Waals surface area contributed by atoms with Crippen LogP contribution in [0.25, 0.3) is 0 Å². The van der Waals surface area contributed by atoms with Crippen LogP contribution >= 0.6 is 0 Å². The molecule has 120 valence electrons. The molecule has 0 spiro atoms. The molecule has 2 aliphatic heterocycles. The van der Waals surface area contributed by atoms with Crippen LogP contribution in [0.1, 0.15) is 25.7 Å². The molecule has 1 amide bonds. The Bertz CT molecular complexity index is 519. The maximum absolute atomic E-state index is 12.3. The topological polar surface area (TPSA) is 95.0 Å². The fraction of sp³-hybridized carbons (Fsp3) is 0.846. The first-order chi connectivity index (χ1) is 9.80. The summed E-state index contributed by atoms with van der Waals surface area (Å²) in [5.41, 5.74) is 0. The molecule has 0 saturated carbocycles. The third-order valence-corrected chi connectivity index (χ3v) is 6.14. The molecular weight excluding hydrogens is 296 g/mol. The van der Waals surface area contributed by atoms with E-state index < -0.39 is 21.8 Å². The lowest BCUT2D eigenvalue weighted by atomic mass is 10.0. The van der Waals surface area contributed by atoms with Gasteiger partial charge in [-0.15, -0.1) is 0 Å². The molecule has 2 aliphatic rings. The van der Waals surface area contributed by atoms with Gasteiger partial charge in [0.15, 0.2) is 9.84 Å². The zero-order valence-corrected chi connectivity index (χ0v) is 13.0. The van der Waals surface area contributed by atoms with Gasteiger partial charge in [-0.1, -0.05) is 6.42 Å². The number of hydrogen-bond acceptors (Lipinski definition) is 5. The first-order valence-corrected chi connectivity index (χ1v) is 9.05. The first-order valence-electron chi connectivity index (χ1n) is 7.23. The molecule has 0 radical (unpaired) electrons. The lowest BCUT2D eigenvalue weighted by molar-refractivity contribution is -0.146. The van der Waals surface area contributed by atoms with Crippen LogP contribution in [0.3, 0.4) is 0 Å². The number of nitrogens with zero attached hydrogens (tertiary/aromatic N) is 2. The summed E-state index contributed by atoms with van der Waals surface area (Å²) in [5.74, 6) is -0.965. The van der Waals surface area contributed by atoms with E-state index in [0.717, 1.165) is 12.8 Å². The molecule has 2 fully saturated rings. The van der Waals surface area contributed by atoms with Gasteiger partial charge >= 0.3 is 5.97 Å². The zero-order valence-electron chi connectivity index (χ0n) is 12.2. The van der Waals surface area contributed by atoms with Gasteiger partial charge in [-0.25, -0.2) is 8.42 Å². The second-order valence-electron chi connectivity index (χ2n) is 5.88. The third kappa shape index (κ3) is 3.94. The summed E-state index contributed by atoms with van der Waals surface area (Å²) in [6, 6.07) is -0.890. The number of sulfone groups is 1. The number of hydrogen-bond donors (Lipinski definition) is 1. The average molecular weight is 318 g/mol. The number of likely N-dealkylation sites (tertiary alicyclic amines) is 1. The Kier molecular flexibility index (Phi) is 4.88. The van der Waals surface area contributed by atoms with Gasteiger partial charge in [0.05, 0.1) is 18.1 Å². The quantitative estimate of drug-likeness (QED) is 0.756. The van der Waals surface area contributed by atoms with E-state index in [9.17, 15) is 23.1 Å². The van der Waals surface area contributed by atoms with E-state index in [2.05, 4.69) is 0 Å². The highest BCUT2D eigenvalue weighted by atomic mass is 32.2. The molecule has 7 nitrogen and oxygen atoms in total. The fourth-order valence-corrected chi connectivity index (χ4v) is 4.80. The van der Waals surface area contributed by atoms with Gasteiger partial charge in [-0.05, 0) is 25.8 Å².